The third kappa shape index (κ3) is 4.45. The van der Waals surface area contributed by atoms with Crippen LogP contribution in [0, 0.1) is 5.92 Å². The van der Waals surface area contributed by atoms with Gasteiger partial charge in [-0.3, -0.25) is 0 Å². The molecule has 0 saturated carbocycles. The molecule has 0 aliphatic heterocycles. The average Bonchev–Trinajstić information content (AvgIpc) is 2.54. The summed E-state index contributed by atoms with van der Waals surface area (Å²) in [6.45, 7) is 8.84. The van der Waals surface area contributed by atoms with Crippen molar-refractivity contribution >= 4 is 0 Å². The predicted octanol–water partition coefficient (Wildman–Crippen LogP) is 6.76. The first-order chi connectivity index (χ1) is 11.2. The molecule has 0 heterocycles. The smallest absolute Gasteiger partial charge is 0.0275 e. The Morgan fingerprint density at radius 3 is 2.43 bits per heavy atom. The maximum atomic E-state index is 2.40. The van der Waals surface area contributed by atoms with E-state index in [1.165, 1.54) is 22.3 Å². The molecule has 0 radical (unpaired) electrons. The van der Waals surface area contributed by atoms with E-state index >= 15 is 0 Å². The predicted molar refractivity (Wildman–Crippen MR) is 103 cm³/mol. The molecule has 0 heteroatoms. The largest absolute Gasteiger partial charge is 0.0800 e. The fraction of sp³-hybridized carbons (Fsp3) is 0.304. The quantitative estimate of drug-likeness (QED) is 0.578. The van der Waals surface area contributed by atoms with Crippen molar-refractivity contribution < 1.29 is 0 Å². The van der Waals surface area contributed by atoms with E-state index in [1.54, 1.807) is 0 Å². The average molecular weight is 304 g/mol. The van der Waals surface area contributed by atoms with Crippen molar-refractivity contribution in [3.63, 3.8) is 0 Å². The van der Waals surface area contributed by atoms with Crippen LogP contribution >= 0.6 is 0 Å². The van der Waals surface area contributed by atoms with Crippen molar-refractivity contribution in [2.24, 2.45) is 5.92 Å². The van der Waals surface area contributed by atoms with E-state index in [9.17, 15) is 0 Å². The second-order valence-corrected chi connectivity index (χ2v) is 6.27. The lowest BCUT2D eigenvalue weighted by Gasteiger charge is -2.24. The molecule has 1 unspecified atom stereocenters. The zero-order chi connectivity index (χ0) is 16.7. The summed E-state index contributed by atoms with van der Waals surface area (Å²) in [6.07, 6.45) is 16.9. The van der Waals surface area contributed by atoms with Crippen LogP contribution in [0.1, 0.15) is 45.6 Å². The second kappa shape index (κ2) is 8.53. The summed E-state index contributed by atoms with van der Waals surface area (Å²) in [5.41, 5.74) is 5.45. The van der Waals surface area contributed by atoms with Crippen molar-refractivity contribution in [2.45, 2.75) is 40.0 Å². The molecule has 0 fully saturated rings. The Kier molecular flexibility index (Phi) is 6.40. The highest BCUT2D eigenvalue weighted by molar-refractivity contribution is 5.58. The topological polar surface area (TPSA) is 0 Å². The van der Waals surface area contributed by atoms with Gasteiger partial charge >= 0.3 is 0 Å². The van der Waals surface area contributed by atoms with Gasteiger partial charge in [0, 0.05) is 5.92 Å². The van der Waals surface area contributed by atoms with Gasteiger partial charge in [0.2, 0.25) is 0 Å². The molecule has 1 aliphatic rings. The molecule has 120 valence electrons. The van der Waals surface area contributed by atoms with E-state index in [4.69, 9.17) is 0 Å². The summed E-state index contributed by atoms with van der Waals surface area (Å²) in [7, 11) is 0. The number of hydrogen-bond donors (Lipinski definition) is 0. The molecule has 1 atom stereocenters. The summed E-state index contributed by atoms with van der Waals surface area (Å²) >= 11 is 0. The van der Waals surface area contributed by atoms with E-state index in [-0.39, 0.29) is 0 Å². The van der Waals surface area contributed by atoms with E-state index in [0.29, 0.717) is 11.8 Å². The van der Waals surface area contributed by atoms with Gasteiger partial charge in [-0.15, -0.1) is 0 Å². The van der Waals surface area contributed by atoms with Crippen LogP contribution in [0.5, 0.6) is 0 Å². The molecule has 0 amide bonds. The highest BCUT2D eigenvalue weighted by atomic mass is 14.2. The van der Waals surface area contributed by atoms with Crippen molar-refractivity contribution in [3.8, 4) is 0 Å². The second-order valence-electron chi connectivity index (χ2n) is 6.27. The first-order valence-corrected chi connectivity index (χ1v) is 8.66. The summed E-state index contributed by atoms with van der Waals surface area (Å²) in [4.78, 5) is 0. The molecule has 0 bridgehead atoms. The van der Waals surface area contributed by atoms with Gasteiger partial charge in [-0.25, -0.2) is 0 Å². The SMILES string of the molecule is C/C=C1/C=C\C=C/C(c2ccccc2)C(=C/CC)/C1=C\C(C)C. The summed E-state index contributed by atoms with van der Waals surface area (Å²) < 4.78 is 0. The lowest BCUT2D eigenvalue weighted by Crippen LogP contribution is -2.07. The molecular formula is C23H28. The number of allylic oxidation sites excluding steroid dienone is 10. The van der Waals surface area contributed by atoms with Gasteiger partial charge in [0.1, 0.15) is 0 Å². The molecule has 0 aromatic heterocycles. The van der Waals surface area contributed by atoms with Crippen LogP contribution in [0.25, 0.3) is 0 Å². The van der Waals surface area contributed by atoms with Gasteiger partial charge in [-0.1, -0.05) is 93.6 Å². The highest BCUT2D eigenvalue weighted by Crippen LogP contribution is 2.37. The number of rotatable bonds is 3. The van der Waals surface area contributed by atoms with Crippen LogP contribution in [0.3, 0.4) is 0 Å². The van der Waals surface area contributed by atoms with Crippen LogP contribution in [0.4, 0.5) is 0 Å². The van der Waals surface area contributed by atoms with E-state index in [2.05, 4.69) is 101 Å². The minimum atomic E-state index is 0.307. The third-order valence-corrected chi connectivity index (χ3v) is 4.04. The van der Waals surface area contributed by atoms with Crippen LogP contribution in [0.15, 0.2) is 89.6 Å². The molecule has 23 heavy (non-hydrogen) atoms. The highest BCUT2D eigenvalue weighted by Gasteiger charge is 2.20. The fourth-order valence-electron chi connectivity index (χ4n) is 3.05. The van der Waals surface area contributed by atoms with Crippen LogP contribution in [0.2, 0.25) is 0 Å². The van der Waals surface area contributed by atoms with E-state index in [0.717, 1.165) is 6.42 Å². The molecule has 0 spiro atoms. The van der Waals surface area contributed by atoms with Crippen LogP contribution in [-0.2, 0) is 0 Å². The number of benzene rings is 1. The first kappa shape index (κ1) is 17.3. The van der Waals surface area contributed by atoms with Gasteiger partial charge in [-0.05, 0) is 41.5 Å². The van der Waals surface area contributed by atoms with Crippen molar-refractivity contribution in [2.75, 3.05) is 0 Å². The standard InChI is InChI=1S/C23H28/c1-5-12-22-21(20-14-8-7-9-15-20)16-11-10-13-19(6-2)23(22)17-18(3)4/h6-18,21H,5H2,1-4H3/b13-10-,16-11-,19-6-,22-12-,23-17-. The normalized spacial score (nSPS) is 26.5. The minimum Gasteiger partial charge on any atom is -0.0800 e. The summed E-state index contributed by atoms with van der Waals surface area (Å²) in [6, 6.07) is 10.8. The first-order valence-electron chi connectivity index (χ1n) is 8.66. The summed E-state index contributed by atoms with van der Waals surface area (Å²) in [5, 5.41) is 0. The van der Waals surface area contributed by atoms with E-state index < -0.39 is 0 Å². The maximum Gasteiger partial charge on any atom is 0.0275 e. The van der Waals surface area contributed by atoms with Gasteiger partial charge in [0.15, 0.2) is 0 Å². The Morgan fingerprint density at radius 1 is 1.09 bits per heavy atom. The molecule has 2 rings (SSSR count). The summed E-state index contributed by atoms with van der Waals surface area (Å²) in [5.74, 6) is 0.828. The van der Waals surface area contributed by atoms with Crippen molar-refractivity contribution in [1.82, 2.24) is 0 Å². The van der Waals surface area contributed by atoms with E-state index in [1.807, 2.05) is 0 Å². The Balaban J connectivity index is 2.64. The molecule has 1 aromatic carbocycles. The molecule has 1 aromatic rings. The molecule has 1 aliphatic carbocycles. The van der Waals surface area contributed by atoms with Gasteiger partial charge < -0.3 is 0 Å². The van der Waals surface area contributed by atoms with Gasteiger partial charge in [0.05, 0.1) is 0 Å². The van der Waals surface area contributed by atoms with Crippen LogP contribution in [-0.4, -0.2) is 0 Å². The lowest BCUT2D eigenvalue weighted by molar-refractivity contribution is 0.819. The maximum absolute atomic E-state index is 2.40. The monoisotopic (exact) mass is 304 g/mol. The Bertz CT molecular complexity index is 649. The molecule has 0 N–H and O–H groups in total. The Hall–Kier alpha value is -2.08. The van der Waals surface area contributed by atoms with Crippen molar-refractivity contribution in [1.29, 1.82) is 0 Å². The Morgan fingerprint density at radius 2 is 1.83 bits per heavy atom. The van der Waals surface area contributed by atoms with Crippen molar-refractivity contribution in [3.05, 3.63) is 95.1 Å². The zero-order valence-corrected chi connectivity index (χ0v) is 14.8. The zero-order valence-electron chi connectivity index (χ0n) is 14.8. The molecular weight excluding hydrogens is 276 g/mol. The van der Waals surface area contributed by atoms with Gasteiger partial charge in [0.25, 0.3) is 0 Å². The van der Waals surface area contributed by atoms with Crippen LogP contribution < -0.4 is 0 Å². The minimum absolute atomic E-state index is 0.307. The number of hydrogen-bond acceptors (Lipinski definition) is 0. The van der Waals surface area contributed by atoms with Gasteiger partial charge in [-0.2, -0.15) is 0 Å². The fourth-order valence-corrected chi connectivity index (χ4v) is 3.05. The lowest BCUT2D eigenvalue weighted by atomic mass is 9.80. The Labute approximate surface area is 141 Å². The molecule has 0 saturated heterocycles. The molecule has 0 nitrogen and oxygen atoms in total. The third-order valence-electron chi connectivity index (χ3n) is 4.04.